The van der Waals surface area contributed by atoms with Crippen molar-refractivity contribution in [1.82, 2.24) is 0 Å². The fourth-order valence-corrected chi connectivity index (χ4v) is 1.57. The molecule has 11 heavy (non-hydrogen) atoms. The van der Waals surface area contributed by atoms with E-state index in [1.807, 2.05) is 0 Å². The molecule has 1 heterocycles. The number of rotatable bonds is 5. The predicted molar refractivity (Wildman–Crippen MR) is 46.5 cm³/mol. The quantitative estimate of drug-likeness (QED) is 0.616. The molecule has 2 N–H and O–H groups in total. The van der Waals surface area contributed by atoms with Crippen LogP contribution >= 0.6 is 0 Å². The molecule has 0 aliphatic carbocycles. The minimum atomic E-state index is 0.577. The summed E-state index contributed by atoms with van der Waals surface area (Å²) < 4.78 is 5.50. The van der Waals surface area contributed by atoms with Crippen LogP contribution in [0.4, 0.5) is 0 Å². The first-order valence-electron chi connectivity index (χ1n) is 4.75. The van der Waals surface area contributed by atoms with Crippen LogP contribution in [0.1, 0.15) is 38.5 Å². The van der Waals surface area contributed by atoms with Crippen molar-refractivity contribution in [1.29, 1.82) is 0 Å². The van der Waals surface area contributed by atoms with Gasteiger partial charge in [0.1, 0.15) is 0 Å². The Morgan fingerprint density at radius 2 is 2.18 bits per heavy atom. The summed E-state index contributed by atoms with van der Waals surface area (Å²) in [5.74, 6) is 0. The maximum atomic E-state index is 5.50. The number of ether oxygens (including phenoxy) is 1. The summed E-state index contributed by atoms with van der Waals surface area (Å²) in [5.41, 5.74) is 5.39. The van der Waals surface area contributed by atoms with Gasteiger partial charge in [-0.05, 0) is 32.2 Å². The number of hydrogen-bond acceptors (Lipinski definition) is 2. The first kappa shape index (κ1) is 9.01. The van der Waals surface area contributed by atoms with Crippen molar-refractivity contribution in [3.05, 3.63) is 0 Å². The summed E-state index contributed by atoms with van der Waals surface area (Å²) in [6.07, 6.45) is 8.11. The van der Waals surface area contributed by atoms with E-state index in [9.17, 15) is 0 Å². The molecule has 0 bridgehead atoms. The molecule has 1 saturated heterocycles. The van der Waals surface area contributed by atoms with Crippen molar-refractivity contribution in [2.45, 2.75) is 44.6 Å². The minimum Gasteiger partial charge on any atom is -0.378 e. The van der Waals surface area contributed by atoms with Gasteiger partial charge in [0.15, 0.2) is 0 Å². The molecule has 0 aromatic heterocycles. The van der Waals surface area contributed by atoms with E-state index in [0.717, 1.165) is 13.2 Å². The average Bonchev–Trinajstić information content (AvgIpc) is 2.50. The van der Waals surface area contributed by atoms with E-state index < -0.39 is 0 Å². The van der Waals surface area contributed by atoms with Crippen LogP contribution < -0.4 is 5.73 Å². The van der Waals surface area contributed by atoms with E-state index in [4.69, 9.17) is 10.5 Å². The molecular weight excluding hydrogens is 138 g/mol. The zero-order valence-corrected chi connectivity index (χ0v) is 7.22. The van der Waals surface area contributed by atoms with Crippen LogP contribution in [0.3, 0.4) is 0 Å². The third kappa shape index (κ3) is 3.73. The molecule has 1 aliphatic rings. The Bertz CT molecular complexity index is 89.6. The number of unbranched alkanes of at least 4 members (excludes halogenated alkanes) is 2. The summed E-state index contributed by atoms with van der Waals surface area (Å²) in [7, 11) is 0. The third-order valence-corrected chi connectivity index (χ3v) is 2.25. The largest absolute Gasteiger partial charge is 0.378 e. The lowest BCUT2D eigenvalue weighted by Crippen LogP contribution is -2.05. The SMILES string of the molecule is NCCCCCC1CCCO1. The van der Waals surface area contributed by atoms with Gasteiger partial charge in [-0.15, -0.1) is 0 Å². The van der Waals surface area contributed by atoms with E-state index in [1.165, 1.54) is 38.5 Å². The van der Waals surface area contributed by atoms with Gasteiger partial charge in [-0.2, -0.15) is 0 Å². The van der Waals surface area contributed by atoms with Gasteiger partial charge >= 0.3 is 0 Å². The van der Waals surface area contributed by atoms with Gasteiger partial charge in [0.05, 0.1) is 6.10 Å². The van der Waals surface area contributed by atoms with E-state index in [-0.39, 0.29) is 0 Å². The molecular formula is C9H19NO. The van der Waals surface area contributed by atoms with E-state index >= 15 is 0 Å². The molecule has 1 rings (SSSR count). The molecule has 0 radical (unpaired) electrons. The van der Waals surface area contributed by atoms with Gasteiger partial charge in [-0.1, -0.05) is 12.8 Å². The highest BCUT2D eigenvalue weighted by molar-refractivity contribution is 4.64. The lowest BCUT2D eigenvalue weighted by atomic mass is 10.1. The fraction of sp³-hybridized carbons (Fsp3) is 1.00. The first-order chi connectivity index (χ1) is 5.43. The Morgan fingerprint density at radius 1 is 1.27 bits per heavy atom. The standard InChI is InChI=1S/C9H19NO/c10-7-3-1-2-5-9-6-4-8-11-9/h9H,1-8,10H2. The monoisotopic (exact) mass is 157 g/mol. The van der Waals surface area contributed by atoms with Crippen molar-refractivity contribution in [2.75, 3.05) is 13.2 Å². The highest BCUT2D eigenvalue weighted by Gasteiger charge is 2.13. The van der Waals surface area contributed by atoms with E-state index in [2.05, 4.69) is 0 Å². The van der Waals surface area contributed by atoms with Crippen LogP contribution in [-0.2, 0) is 4.74 Å². The van der Waals surface area contributed by atoms with Crippen LogP contribution in [0, 0.1) is 0 Å². The maximum Gasteiger partial charge on any atom is 0.0576 e. The highest BCUT2D eigenvalue weighted by Crippen LogP contribution is 2.17. The Balaban J connectivity index is 1.86. The summed E-state index contributed by atoms with van der Waals surface area (Å²) in [5, 5.41) is 0. The average molecular weight is 157 g/mol. The molecule has 1 unspecified atom stereocenters. The molecule has 0 aromatic rings. The van der Waals surface area contributed by atoms with Crippen molar-refractivity contribution >= 4 is 0 Å². The second-order valence-corrected chi connectivity index (χ2v) is 3.27. The van der Waals surface area contributed by atoms with Crippen LogP contribution in [0.15, 0.2) is 0 Å². The van der Waals surface area contributed by atoms with Crippen LogP contribution in [0.25, 0.3) is 0 Å². The van der Waals surface area contributed by atoms with Gasteiger partial charge < -0.3 is 10.5 Å². The Labute approximate surface area is 69.1 Å². The number of hydrogen-bond donors (Lipinski definition) is 1. The Kier molecular flexibility index (Phi) is 4.55. The molecule has 0 saturated carbocycles. The van der Waals surface area contributed by atoms with Crippen molar-refractivity contribution < 1.29 is 4.74 Å². The zero-order chi connectivity index (χ0) is 7.94. The third-order valence-electron chi connectivity index (χ3n) is 2.25. The summed E-state index contributed by atoms with van der Waals surface area (Å²) in [6, 6.07) is 0. The Morgan fingerprint density at radius 3 is 2.82 bits per heavy atom. The molecule has 2 nitrogen and oxygen atoms in total. The van der Waals surface area contributed by atoms with Gasteiger partial charge in [0.25, 0.3) is 0 Å². The predicted octanol–water partition coefficient (Wildman–Crippen LogP) is 1.68. The summed E-state index contributed by atoms with van der Waals surface area (Å²) in [6.45, 7) is 1.83. The topological polar surface area (TPSA) is 35.2 Å². The van der Waals surface area contributed by atoms with Gasteiger partial charge in [-0.3, -0.25) is 0 Å². The highest BCUT2D eigenvalue weighted by atomic mass is 16.5. The molecule has 0 spiro atoms. The molecule has 66 valence electrons. The smallest absolute Gasteiger partial charge is 0.0576 e. The molecule has 1 fully saturated rings. The van der Waals surface area contributed by atoms with Crippen molar-refractivity contribution in [2.24, 2.45) is 5.73 Å². The van der Waals surface area contributed by atoms with E-state index in [0.29, 0.717) is 6.10 Å². The molecule has 1 atom stereocenters. The van der Waals surface area contributed by atoms with Crippen molar-refractivity contribution in [3.63, 3.8) is 0 Å². The molecule has 0 amide bonds. The van der Waals surface area contributed by atoms with Crippen LogP contribution in [-0.4, -0.2) is 19.3 Å². The summed E-state index contributed by atoms with van der Waals surface area (Å²) in [4.78, 5) is 0. The molecule has 1 aliphatic heterocycles. The normalized spacial score (nSPS) is 24.3. The first-order valence-corrected chi connectivity index (χ1v) is 4.75. The van der Waals surface area contributed by atoms with Crippen LogP contribution in [0.5, 0.6) is 0 Å². The van der Waals surface area contributed by atoms with Crippen LogP contribution in [0.2, 0.25) is 0 Å². The van der Waals surface area contributed by atoms with Gasteiger partial charge in [0, 0.05) is 6.61 Å². The van der Waals surface area contributed by atoms with Gasteiger partial charge in [-0.25, -0.2) is 0 Å². The second-order valence-electron chi connectivity index (χ2n) is 3.27. The van der Waals surface area contributed by atoms with Crippen molar-refractivity contribution in [3.8, 4) is 0 Å². The van der Waals surface area contributed by atoms with Gasteiger partial charge in [0.2, 0.25) is 0 Å². The lowest BCUT2D eigenvalue weighted by molar-refractivity contribution is 0.102. The Hall–Kier alpha value is -0.0800. The zero-order valence-electron chi connectivity index (χ0n) is 7.22. The molecule has 2 heteroatoms. The summed E-state index contributed by atoms with van der Waals surface area (Å²) >= 11 is 0. The maximum absolute atomic E-state index is 5.50. The van der Waals surface area contributed by atoms with E-state index in [1.54, 1.807) is 0 Å². The fourth-order valence-electron chi connectivity index (χ4n) is 1.57. The minimum absolute atomic E-state index is 0.577. The second kappa shape index (κ2) is 5.56. The number of nitrogens with two attached hydrogens (primary N) is 1. The molecule has 0 aromatic carbocycles. The lowest BCUT2D eigenvalue weighted by Gasteiger charge is -2.07.